The molecule has 5 nitrogen and oxygen atoms in total. The van der Waals surface area contributed by atoms with Crippen LogP contribution in [0.5, 0.6) is 0 Å². The van der Waals surface area contributed by atoms with E-state index in [1.165, 1.54) is 11.3 Å². The molecule has 0 saturated heterocycles. The first-order valence-corrected chi connectivity index (χ1v) is 8.40. The van der Waals surface area contributed by atoms with E-state index in [1.807, 2.05) is 29.8 Å². The van der Waals surface area contributed by atoms with Crippen molar-refractivity contribution >= 4 is 34.1 Å². The fourth-order valence-electron chi connectivity index (χ4n) is 1.54. The molecule has 0 aliphatic carbocycles. The number of carbonyl (C=O) groups is 1. The van der Waals surface area contributed by atoms with Crippen molar-refractivity contribution < 1.29 is 4.79 Å². The summed E-state index contributed by atoms with van der Waals surface area (Å²) in [5.74, 6) is 0.673. The molecule has 0 aromatic carbocycles. The molecule has 20 heavy (non-hydrogen) atoms. The Labute approximate surface area is 126 Å². The van der Waals surface area contributed by atoms with Gasteiger partial charge in [0.2, 0.25) is 5.91 Å². The van der Waals surface area contributed by atoms with Crippen LogP contribution in [0.2, 0.25) is 0 Å². The number of thiazole rings is 1. The van der Waals surface area contributed by atoms with Crippen LogP contribution < -0.4 is 11.1 Å². The first kappa shape index (κ1) is 15.0. The average molecular weight is 308 g/mol. The molecule has 7 heteroatoms. The average Bonchev–Trinajstić information content (AvgIpc) is 2.94. The standard InChI is InChI=1S/C13H16N4OS2/c1-19-7-5-9(14)12(18)17-13-16-11(8-20-13)10-4-2-3-6-15-10/h2-4,6,8-9H,5,7,14H2,1H3,(H,16,17,18). The third-order valence-electron chi connectivity index (χ3n) is 2.63. The van der Waals surface area contributed by atoms with Crippen molar-refractivity contribution in [3.8, 4) is 11.4 Å². The van der Waals surface area contributed by atoms with Gasteiger partial charge < -0.3 is 11.1 Å². The minimum atomic E-state index is -0.496. The highest BCUT2D eigenvalue weighted by molar-refractivity contribution is 7.98. The number of hydrogen-bond donors (Lipinski definition) is 2. The van der Waals surface area contributed by atoms with E-state index in [2.05, 4.69) is 15.3 Å². The molecular formula is C13H16N4OS2. The summed E-state index contributed by atoms with van der Waals surface area (Å²) in [6.07, 6.45) is 4.36. The number of nitrogens with two attached hydrogens (primary N) is 1. The Kier molecular flexibility index (Phi) is 5.51. The lowest BCUT2D eigenvalue weighted by atomic mass is 10.2. The smallest absolute Gasteiger partial charge is 0.243 e. The van der Waals surface area contributed by atoms with E-state index < -0.39 is 6.04 Å². The van der Waals surface area contributed by atoms with Gasteiger partial charge in [-0.1, -0.05) is 6.07 Å². The second-order valence-corrected chi connectivity index (χ2v) is 5.97. The first-order chi connectivity index (χ1) is 9.70. The number of carbonyl (C=O) groups excluding carboxylic acids is 1. The largest absolute Gasteiger partial charge is 0.320 e. The molecule has 3 N–H and O–H groups in total. The Morgan fingerprint density at radius 2 is 2.35 bits per heavy atom. The maximum atomic E-state index is 11.9. The molecule has 2 aromatic heterocycles. The van der Waals surface area contributed by atoms with Crippen LogP contribution in [0.1, 0.15) is 6.42 Å². The van der Waals surface area contributed by atoms with E-state index in [1.54, 1.807) is 18.0 Å². The molecule has 2 rings (SSSR count). The van der Waals surface area contributed by atoms with Gasteiger partial charge >= 0.3 is 0 Å². The Morgan fingerprint density at radius 1 is 1.50 bits per heavy atom. The van der Waals surface area contributed by atoms with E-state index in [-0.39, 0.29) is 5.91 Å². The summed E-state index contributed by atoms with van der Waals surface area (Å²) in [6.45, 7) is 0. The topological polar surface area (TPSA) is 80.9 Å². The molecule has 0 radical (unpaired) electrons. The van der Waals surface area contributed by atoms with Gasteiger partial charge in [-0.2, -0.15) is 11.8 Å². The van der Waals surface area contributed by atoms with E-state index >= 15 is 0 Å². The van der Waals surface area contributed by atoms with Crippen molar-refractivity contribution in [1.29, 1.82) is 0 Å². The molecule has 0 saturated carbocycles. The fourth-order valence-corrected chi connectivity index (χ4v) is 2.73. The van der Waals surface area contributed by atoms with Crippen LogP contribution in [0.15, 0.2) is 29.8 Å². The minimum absolute atomic E-state index is 0.194. The van der Waals surface area contributed by atoms with Gasteiger partial charge in [-0.15, -0.1) is 11.3 Å². The second-order valence-electron chi connectivity index (χ2n) is 4.13. The molecular weight excluding hydrogens is 292 g/mol. The highest BCUT2D eigenvalue weighted by atomic mass is 32.2. The van der Waals surface area contributed by atoms with E-state index in [0.29, 0.717) is 11.6 Å². The van der Waals surface area contributed by atoms with Gasteiger partial charge in [0.1, 0.15) is 5.69 Å². The summed E-state index contributed by atoms with van der Waals surface area (Å²) < 4.78 is 0. The van der Waals surface area contributed by atoms with E-state index in [0.717, 1.165) is 17.1 Å². The van der Waals surface area contributed by atoms with E-state index in [4.69, 9.17) is 5.73 Å². The summed E-state index contributed by atoms with van der Waals surface area (Å²) >= 11 is 3.04. The van der Waals surface area contributed by atoms with Crippen LogP contribution in [0, 0.1) is 0 Å². The van der Waals surface area contributed by atoms with Crippen LogP contribution in [0.3, 0.4) is 0 Å². The summed E-state index contributed by atoms with van der Waals surface area (Å²) in [7, 11) is 0. The number of nitrogens with one attached hydrogen (secondary N) is 1. The van der Waals surface area contributed by atoms with Crippen LogP contribution in [0.4, 0.5) is 5.13 Å². The van der Waals surface area contributed by atoms with Crippen molar-refractivity contribution in [2.24, 2.45) is 5.73 Å². The lowest BCUT2D eigenvalue weighted by Crippen LogP contribution is -2.36. The number of rotatable bonds is 6. The van der Waals surface area contributed by atoms with Crippen molar-refractivity contribution in [2.45, 2.75) is 12.5 Å². The molecule has 0 aliphatic heterocycles. The first-order valence-electron chi connectivity index (χ1n) is 6.13. The number of amides is 1. The third-order valence-corrected chi connectivity index (χ3v) is 4.03. The quantitative estimate of drug-likeness (QED) is 0.855. The van der Waals surface area contributed by atoms with E-state index in [9.17, 15) is 4.79 Å². The van der Waals surface area contributed by atoms with Crippen molar-refractivity contribution in [1.82, 2.24) is 9.97 Å². The van der Waals surface area contributed by atoms with Crippen molar-refractivity contribution in [2.75, 3.05) is 17.3 Å². The van der Waals surface area contributed by atoms with Gasteiger partial charge in [0, 0.05) is 11.6 Å². The van der Waals surface area contributed by atoms with Gasteiger partial charge in [-0.3, -0.25) is 9.78 Å². The lowest BCUT2D eigenvalue weighted by Gasteiger charge is -2.09. The van der Waals surface area contributed by atoms with Crippen LogP contribution >= 0.6 is 23.1 Å². The maximum Gasteiger partial charge on any atom is 0.243 e. The molecule has 2 heterocycles. The Bertz CT molecular complexity index is 559. The number of anilines is 1. The summed E-state index contributed by atoms with van der Waals surface area (Å²) in [5, 5.41) is 5.16. The Morgan fingerprint density at radius 3 is 3.05 bits per heavy atom. The van der Waals surface area contributed by atoms with Gasteiger partial charge in [-0.05, 0) is 30.6 Å². The maximum absolute atomic E-state index is 11.9. The molecule has 1 unspecified atom stereocenters. The summed E-state index contributed by atoms with van der Waals surface area (Å²) in [6, 6.07) is 5.14. The predicted molar refractivity (Wildman–Crippen MR) is 84.9 cm³/mol. The summed E-state index contributed by atoms with van der Waals surface area (Å²) in [5.41, 5.74) is 7.35. The normalized spacial score (nSPS) is 12.1. The zero-order valence-electron chi connectivity index (χ0n) is 11.1. The second kappa shape index (κ2) is 7.37. The number of nitrogens with zero attached hydrogens (tertiary/aromatic N) is 2. The number of aromatic nitrogens is 2. The van der Waals surface area contributed by atoms with Crippen molar-refractivity contribution in [3.05, 3.63) is 29.8 Å². The lowest BCUT2D eigenvalue weighted by molar-refractivity contribution is -0.117. The molecule has 2 aromatic rings. The Hall–Kier alpha value is -1.44. The van der Waals surface area contributed by atoms with Gasteiger partial charge in [0.25, 0.3) is 0 Å². The summed E-state index contributed by atoms with van der Waals surface area (Å²) in [4.78, 5) is 20.4. The minimum Gasteiger partial charge on any atom is -0.320 e. The molecule has 106 valence electrons. The van der Waals surface area contributed by atoms with Crippen LogP contribution in [0.25, 0.3) is 11.4 Å². The zero-order valence-corrected chi connectivity index (χ0v) is 12.7. The van der Waals surface area contributed by atoms with Crippen molar-refractivity contribution in [3.63, 3.8) is 0 Å². The highest BCUT2D eigenvalue weighted by Crippen LogP contribution is 2.23. The molecule has 0 bridgehead atoms. The predicted octanol–water partition coefficient (Wildman–Crippen LogP) is 2.22. The van der Waals surface area contributed by atoms with Crippen LogP contribution in [-0.4, -0.2) is 33.9 Å². The SMILES string of the molecule is CSCCC(N)C(=O)Nc1nc(-c2ccccn2)cs1. The third kappa shape index (κ3) is 4.03. The molecule has 1 atom stereocenters. The molecule has 0 aliphatic rings. The number of hydrogen-bond acceptors (Lipinski definition) is 6. The molecule has 1 amide bonds. The van der Waals surface area contributed by atoms with Gasteiger partial charge in [0.15, 0.2) is 5.13 Å². The van der Waals surface area contributed by atoms with Crippen LogP contribution in [-0.2, 0) is 4.79 Å². The highest BCUT2D eigenvalue weighted by Gasteiger charge is 2.15. The zero-order chi connectivity index (χ0) is 14.4. The fraction of sp³-hybridized carbons (Fsp3) is 0.308. The van der Waals surface area contributed by atoms with Gasteiger partial charge in [0.05, 0.1) is 11.7 Å². The molecule has 0 fully saturated rings. The number of thioether (sulfide) groups is 1. The Balaban J connectivity index is 1.98. The number of pyridine rings is 1. The monoisotopic (exact) mass is 308 g/mol. The van der Waals surface area contributed by atoms with Gasteiger partial charge in [-0.25, -0.2) is 4.98 Å². The molecule has 0 spiro atoms.